The van der Waals surface area contributed by atoms with Crippen molar-refractivity contribution < 1.29 is 19.8 Å². The predicted octanol–water partition coefficient (Wildman–Crippen LogP) is 1.88. The van der Waals surface area contributed by atoms with Crippen molar-refractivity contribution in [3.63, 3.8) is 0 Å². The minimum atomic E-state index is -1.03. The number of aliphatic carboxylic acids is 2. The topological polar surface area (TPSA) is 150 Å². The number of rotatable bonds is 6. The van der Waals surface area contributed by atoms with Crippen molar-refractivity contribution in [2.24, 2.45) is 16.9 Å². The maximum absolute atomic E-state index is 10.6. The van der Waals surface area contributed by atoms with Crippen LogP contribution in [0.4, 0.5) is 0 Å². The smallest absolute Gasteiger partial charge is 0.320 e. The summed E-state index contributed by atoms with van der Waals surface area (Å²) < 4.78 is 0. The molecule has 0 unspecified atom stereocenters. The largest absolute Gasteiger partial charge is 0.481 e. The van der Waals surface area contributed by atoms with Gasteiger partial charge in [0.05, 0.1) is 18.1 Å². The molecule has 0 aromatic heterocycles. The Morgan fingerprint density at radius 3 is 2.38 bits per heavy atom. The molecule has 0 radical (unpaired) electrons. The normalized spacial score (nSPS) is 16.5. The lowest BCUT2D eigenvalue weighted by atomic mass is 9.72. The van der Waals surface area contributed by atoms with Gasteiger partial charge in [0.25, 0.3) is 0 Å². The Bertz CT molecular complexity index is 648. The highest BCUT2D eigenvalue weighted by molar-refractivity contribution is 5.73. The van der Waals surface area contributed by atoms with Gasteiger partial charge in [0.15, 0.2) is 0 Å². The number of carbonyl (C=O) groups is 2. The molecule has 7 nitrogen and oxygen atoms in total. The highest BCUT2D eigenvalue weighted by Gasteiger charge is 2.32. The first kappa shape index (κ1) is 21.6. The third kappa shape index (κ3) is 7.21. The first-order valence-corrected chi connectivity index (χ1v) is 8.71. The highest BCUT2D eigenvalue weighted by atomic mass is 16.4. The summed E-state index contributed by atoms with van der Waals surface area (Å²) in [4.78, 5) is 21.0. The number of nitrogens with two attached hydrogens (primary N) is 2. The van der Waals surface area contributed by atoms with Gasteiger partial charge in [-0.1, -0.05) is 31.4 Å². The third-order valence-corrected chi connectivity index (χ3v) is 4.70. The molecule has 0 bridgehead atoms. The van der Waals surface area contributed by atoms with Crippen LogP contribution in [0.3, 0.4) is 0 Å². The van der Waals surface area contributed by atoms with E-state index in [9.17, 15) is 9.59 Å². The van der Waals surface area contributed by atoms with E-state index in [4.69, 9.17) is 26.9 Å². The fourth-order valence-corrected chi connectivity index (χ4v) is 3.18. The third-order valence-electron chi connectivity index (χ3n) is 4.70. The zero-order valence-corrected chi connectivity index (χ0v) is 14.9. The van der Waals surface area contributed by atoms with Crippen LogP contribution >= 0.6 is 0 Å². The molecule has 1 atom stereocenters. The lowest BCUT2D eigenvalue weighted by Crippen LogP contribution is -2.34. The quantitative estimate of drug-likeness (QED) is 0.604. The summed E-state index contributed by atoms with van der Waals surface area (Å²) >= 11 is 0. The van der Waals surface area contributed by atoms with Gasteiger partial charge >= 0.3 is 11.9 Å². The van der Waals surface area contributed by atoms with E-state index in [2.05, 4.69) is 0 Å². The summed E-state index contributed by atoms with van der Waals surface area (Å²) in [6.07, 6.45) is 6.01. The second kappa shape index (κ2) is 10.5. The molecule has 1 aliphatic rings. The van der Waals surface area contributed by atoms with Crippen LogP contribution in [0.15, 0.2) is 24.3 Å². The summed E-state index contributed by atoms with van der Waals surface area (Å²) in [6.45, 7) is 0.527. The second-order valence-electron chi connectivity index (χ2n) is 6.80. The lowest BCUT2D eigenvalue weighted by Gasteiger charge is -2.34. The van der Waals surface area contributed by atoms with E-state index in [1.54, 1.807) is 24.3 Å². The fourth-order valence-electron chi connectivity index (χ4n) is 3.18. The van der Waals surface area contributed by atoms with Crippen molar-refractivity contribution in [2.45, 2.75) is 51.0 Å². The predicted molar refractivity (Wildman–Crippen MR) is 97.3 cm³/mol. The van der Waals surface area contributed by atoms with E-state index in [0.717, 1.165) is 31.2 Å². The standard InChI is InChI=1S/C10H10N2O2.C9H17NO2/c11-6-8-3-1-2-7(4-8)5-9(12)10(13)14;10-7-9(6-8(11)12)4-2-1-3-5-9/h1-4,9H,5,12H2,(H,13,14);1-7,10H2,(H,11,12)/t9-;/m0./s1. The average molecular weight is 361 g/mol. The monoisotopic (exact) mass is 361 g/mol. The van der Waals surface area contributed by atoms with Crippen LogP contribution in [0, 0.1) is 16.7 Å². The Morgan fingerprint density at radius 2 is 1.88 bits per heavy atom. The lowest BCUT2D eigenvalue weighted by molar-refractivity contribution is -0.140. The number of hydrogen-bond acceptors (Lipinski definition) is 5. The minimum absolute atomic E-state index is 0.0793. The Labute approximate surface area is 153 Å². The molecule has 0 aliphatic heterocycles. The Morgan fingerprint density at radius 1 is 1.23 bits per heavy atom. The molecule has 26 heavy (non-hydrogen) atoms. The average Bonchev–Trinajstić information content (AvgIpc) is 2.62. The maximum Gasteiger partial charge on any atom is 0.320 e. The molecule has 1 fully saturated rings. The number of benzene rings is 1. The second-order valence-corrected chi connectivity index (χ2v) is 6.80. The van der Waals surface area contributed by atoms with Crippen LogP contribution < -0.4 is 11.5 Å². The van der Waals surface area contributed by atoms with E-state index in [1.165, 1.54) is 6.42 Å². The molecular formula is C19H27N3O4. The molecule has 1 aromatic rings. The summed E-state index contributed by atoms with van der Waals surface area (Å²) in [7, 11) is 0. The molecule has 1 saturated carbocycles. The number of nitrogens with zero attached hydrogens (tertiary/aromatic N) is 1. The van der Waals surface area contributed by atoms with Crippen LogP contribution in [-0.4, -0.2) is 34.7 Å². The first-order chi connectivity index (χ1) is 12.3. The van der Waals surface area contributed by atoms with E-state index in [-0.39, 0.29) is 18.3 Å². The summed E-state index contributed by atoms with van der Waals surface area (Å²) in [5, 5.41) is 25.9. The van der Waals surface area contributed by atoms with Crippen LogP contribution in [0.5, 0.6) is 0 Å². The number of hydrogen-bond donors (Lipinski definition) is 4. The summed E-state index contributed by atoms with van der Waals surface area (Å²) in [5.74, 6) is -1.74. The van der Waals surface area contributed by atoms with Crippen molar-refractivity contribution >= 4 is 11.9 Å². The SMILES string of the molecule is N#Cc1cccc(C[C@H](N)C(=O)O)c1.NCC1(CC(=O)O)CCCCC1. The van der Waals surface area contributed by atoms with Crippen molar-refractivity contribution in [1.29, 1.82) is 5.26 Å². The van der Waals surface area contributed by atoms with Gasteiger partial charge in [-0.05, 0) is 48.9 Å². The zero-order chi connectivity index (χ0) is 19.6. The van der Waals surface area contributed by atoms with E-state index in [0.29, 0.717) is 12.1 Å². The van der Waals surface area contributed by atoms with Crippen molar-refractivity contribution in [3.8, 4) is 6.07 Å². The summed E-state index contributed by atoms with van der Waals surface area (Å²) in [6, 6.07) is 7.84. The van der Waals surface area contributed by atoms with Crippen molar-refractivity contribution in [3.05, 3.63) is 35.4 Å². The van der Waals surface area contributed by atoms with Gasteiger partial charge in [0.1, 0.15) is 6.04 Å². The van der Waals surface area contributed by atoms with E-state index in [1.807, 2.05) is 6.07 Å². The maximum atomic E-state index is 10.6. The molecule has 1 aromatic carbocycles. The molecule has 142 valence electrons. The Balaban J connectivity index is 0.000000263. The van der Waals surface area contributed by atoms with Crippen LogP contribution in [0.2, 0.25) is 0 Å². The van der Waals surface area contributed by atoms with Crippen molar-refractivity contribution in [2.75, 3.05) is 6.54 Å². The van der Waals surface area contributed by atoms with Gasteiger partial charge in [-0.15, -0.1) is 0 Å². The number of carboxylic acids is 2. The minimum Gasteiger partial charge on any atom is -0.481 e. The zero-order valence-electron chi connectivity index (χ0n) is 14.9. The van der Waals surface area contributed by atoms with E-state index < -0.39 is 18.0 Å². The molecular weight excluding hydrogens is 334 g/mol. The van der Waals surface area contributed by atoms with Crippen LogP contribution in [0.25, 0.3) is 0 Å². The highest BCUT2D eigenvalue weighted by Crippen LogP contribution is 2.38. The van der Waals surface area contributed by atoms with Gasteiger partial charge in [0.2, 0.25) is 0 Å². The molecule has 1 aliphatic carbocycles. The summed E-state index contributed by atoms with van der Waals surface area (Å²) in [5.41, 5.74) is 12.2. The van der Waals surface area contributed by atoms with Gasteiger partial charge in [-0.3, -0.25) is 9.59 Å². The number of carboxylic acid groups (broad SMARTS) is 2. The Kier molecular flexibility index (Phi) is 8.76. The molecule has 7 heteroatoms. The van der Waals surface area contributed by atoms with Crippen LogP contribution in [-0.2, 0) is 16.0 Å². The molecule has 0 amide bonds. The molecule has 0 heterocycles. The van der Waals surface area contributed by atoms with Gasteiger partial charge in [-0.2, -0.15) is 5.26 Å². The molecule has 6 N–H and O–H groups in total. The molecule has 2 rings (SSSR count). The van der Waals surface area contributed by atoms with Gasteiger partial charge in [-0.25, -0.2) is 0 Å². The Hall–Kier alpha value is -2.43. The van der Waals surface area contributed by atoms with E-state index >= 15 is 0 Å². The first-order valence-electron chi connectivity index (χ1n) is 8.71. The molecule has 0 spiro atoms. The molecule has 0 saturated heterocycles. The number of nitriles is 1. The van der Waals surface area contributed by atoms with Crippen molar-refractivity contribution in [1.82, 2.24) is 0 Å². The van der Waals surface area contributed by atoms with Crippen LogP contribution in [0.1, 0.15) is 49.7 Å². The van der Waals surface area contributed by atoms with Gasteiger partial charge < -0.3 is 21.7 Å². The fraction of sp³-hybridized carbons (Fsp3) is 0.526. The van der Waals surface area contributed by atoms with Gasteiger partial charge in [0, 0.05) is 0 Å².